The lowest BCUT2D eigenvalue weighted by atomic mass is 10.2. The third kappa shape index (κ3) is 2.84. The lowest BCUT2D eigenvalue weighted by molar-refractivity contribution is 0.174. The highest BCUT2D eigenvalue weighted by Crippen LogP contribution is 2.39. The Morgan fingerprint density at radius 1 is 1.29 bits per heavy atom. The molecule has 10 heteroatoms. The van der Waals surface area contributed by atoms with E-state index in [4.69, 9.17) is 26.2 Å². The van der Waals surface area contributed by atoms with Gasteiger partial charge in [-0.05, 0) is 17.7 Å². The molecule has 1 aliphatic heterocycles. The second-order valence-electron chi connectivity index (χ2n) is 4.08. The number of anilines is 2. The first-order chi connectivity index (χ1) is 9.93. The van der Waals surface area contributed by atoms with Crippen molar-refractivity contribution in [3.63, 3.8) is 0 Å². The van der Waals surface area contributed by atoms with E-state index in [9.17, 15) is 8.42 Å². The molecule has 21 heavy (non-hydrogen) atoms. The van der Waals surface area contributed by atoms with E-state index in [0.29, 0.717) is 17.3 Å². The second-order valence-corrected chi connectivity index (χ2v) is 5.95. The molecule has 0 spiro atoms. The summed E-state index contributed by atoms with van der Waals surface area (Å²) < 4.78 is 33.7. The van der Waals surface area contributed by atoms with Crippen LogP contribution in [0.25, 0.3) is 0 Å². The molecule has 3 N–H and O–H groups in total. The van der Waals surface area contributed by atoms with Crippen molar-refractivity contribution < 1.29 is 17.9 Å². The standard InChI is InChI=1S/C11H9ClN4O4S/c12-11-14-2-1-10(16-11)15-6-3-7-8(20-5-19-7)4-9(6)21(13,17)18/h1-4H,5H2,(H2,13,17,18)(H,14,15,16). The fourth-order valence-electron chi connectivity index (χ4n) is 1.80. The first kappa shape index (κ1) is 13.9. The summed E-state index contributed by atoms with van der Waals surface area (Å²) in [5.41, 5.74) is 0.205. The monoisotopic (exact) mass is 328 g/mol. The van der Waals surface area contributed by atoms with Crippen LogP contribution in [0.4, 0.5) is 11.5 Å². The summed E-state index contributed by atoms with van der Waals surface area (Å²) in [5.74, 6) is 1.04. The fraction of sp³-hybridized carbons (Fsp3) is 0.0909. The number of fused-ring (bicyclic) bond motifs is 1. The Hall–Kier alpha value is -2.10. The summed E-state index contributed by atoms with van der Waals surface area (Å²) >= 11 is 5.68. The molecule has 0 amide bonds. The highest BCUT2D eigenvalue weighted by atomic mass is 35.5. The van der Waals surface area contributed by atoms with E-state index in [1.165, 1.54) is 24.4 Å². The van der Waals surface area contributed by atoms with E-state index in [2.05, 4.69) is 15.3 Å². The lowest BCUT2D eigenvalue weighted by Gasteiger charge is -2.11. The maximum Gasteiger partial charge on any atom is 0.240 e. The highest BCUT2D eigenvalue weighted by Gasteiger charge is 2.23. The molecule has 0 aliphatic carbocycles. The maximum atomic E-state index is 11.7. The van der Waals surface area contributed by atoms with Crippen molar-refractivity contribution in [2.75, 3.05) is 12.1 Å². The molecule has 0 atom stereocenters. The van der Waals surface area contributed by atoms with E-state index in [0.717, 1.165) is 0 Å². The van der Waals surface area contributed by atoms with Gasteiger partial charge in [0.15, 0.2) is 11.5 Å². The lowest BCUT2D eigenvalue weighted by Crippen LogP contribution is -2.14. The number of benzene rings is 1. The number of hydrogen-bond acceptors (Lipinski definition) is 7. The molecule has 110 valence electrons. The molecule has 0 fully saturated rings. The van der Waals surface area contributed by atoms with Gasteiger partial charge in [-0.15, -0.1) is 0 Å². The van der Waals surface area contributed by atoms with Crippen LogP contribution in [-0.4, -0.2) is 25.2 Å². The molecule has 3 rings (SSSR count). The van der Waals surface area contributed by atoms with Crippen LogP contribution in [0.3, 0.4) is 0 Å². The van der Waals surface area contributed by atoms with Crippen molar-refractivity contribution in [2.24, 2.45) is 5.14 Å². The van der Waals surface area contributed by atoms with Gasteiger partial charge in [-0.1, -0.05) is 0 Å². The van der Waals surface area contributed by atoms with E-state index in [1.807, 2.05) is 0 Å². The molecule has 0 radical (unpaired) electrons. The Morgan fingerprint density at radius 2 is 2.00 bits per heavy atom. The van der Waals surface area contributed by atoms with Crippen molar-refractivity contribution in [1.82, 2.24) is 9.97 Å². The third-order valence-corrected chi connectivity index (χ3v) is 3.80. The molecular weight excluding hydrogens is 320 g/mol. The van der Waals surface area contributed by atoms with Gasteiger partial charge in [0.25, 0.3) is 0 Å². The van der Waals surface area contributed by atoms with Gasteiger partial charge in [-0.2, -0.15) is 0 Å². The van der Waals surface area contributed by atoms with Crippen molar-refractivity contribution in [1.29, 1.82) is 0 Å². The summed E-state index contributed by atoms with van der Waals surface area (Å²) in [6, 6.07) is 4.30. The van der Waals surface area contributed by atoms with Crippen molar-refractivity contribution in [3.8, 4) is 11.5 Å². The molecule has 2 aromatic rings. The largest absolute Gasteiger partial charge is 0.454 e. The van der Waals surface area contributed by atoms with E-state index >= 15 is 0 Å². The number of sulfonamides is 1. The van der Waals surface area contributed by atoms with Gasteiger partial charge < -0.3 is 14.8 Å². The minimum atomic E-state index is -3.96. The van der Waals surface area contributed by atoms with Crippen LogP contribution >= 0.6 is 11.6 Å². The molecule has 0 unspecified atom stereocenters. The summed E-state index contributed by atoms with van der Waals surface area (Å²) in [5, 5.41) is 8.06. The highest BCUT2D eigenvalue weighted by molar-refractivity contribution is 7.89. The zero-order valence-electron chi connectivity index (χ0n) is 10.4. The van der Waals surface area contributed by atoms with Crippen LogP contribution in [-0.2, 0) is 10.0 Å². The topological polar surface area (TPSA) is 116 Å². The number of nitrogens with one attached hydrogen (secondary N) is 1. The second kappa shape index (κ2) is 5.02. The number of primary sulfonamides is 1. The van der Waals surface area contributed by atoms with Gasteiger partial charge >= 0.3 is 0 Å². The minimum absolute atomic E-state index is 0.0161. The molecule has 2 heterocycles. The number of ether oxygens (including phenoxy) is 2. The number of halogens is 1. The normalized spacial score (nSPS) is 13.2. The summed E-state index contributed by atoms with van der Waals surface area (Å²) in [6.07, 6.45) is 1.43. The van der Waals surface area contributed by atoms with Crippen molar-refractivity contribution in [2.45, 2.75) is 4.90 Å². The summed E-state index contributed by atoms with van der Waals surface area (Å²) in [4.78, 5) is 7.52. The molecule has 1 aliphatic rings. The predicted octanol–water partition coefficient (Wildman–Crippen LogP) is 1.25. The van der Waals surface area contributed by atoms with Crippen molar-refractivity contribution >= 4 is 33.1 Å². The summed E-state index contributed by atoms with van der Waals surface area (Å²) in [6.45, 7) is 0.0161. The minimum Gasteiger partial charge on any atom is -0.454 e. The molecule has 1 aromatic carbocycles. The average Bonchev–Trinajstić information content (AvgIpc) is 2.84. The number of rotatable bonds is 3. The van der Waals surface area contributed by atoms with Crippen LogP contribution in [0.1, 0.15) is 0 Å². The first-order valence-corrected chi connectivity index (χ1v) is 7.58. The number of hydrogen-bond donors (Lipinski definition) is 2. The van der Waals surface area contributed by atoms with Crippen molar-refractivity contribution in [3.05, 3.63) is 29.7 Å². The SMILES string of the molecule is NS(=O)(=O)c1cc2c(cc1Nc1ccnc(Cl)n1)OCO2. The van der Waals surface area contributed by atoms with Gasteiger partial charge in [0.1, 0.15) is 10.7 Å². The molecule has 0 saturated carbocycles. The zero-order valence-corrected chi connectivity index (χ0v) is 12.0. The summed E-state index contributed by atoms with van der Waals surface area (Å²) in [7, 11) is -3.96. The van der Waals surface area contributed by atoms with Crippen LogP contribution in [0.15, 0.2) is 29.3 Å². The molecule has 0 bridgehead atoms. The van der Waals surface area contributed by atoms with Gasteiger partial charge in [0.05, 0.1) is 5.69 Å². The molecule has 0 saturated heterocycles. The van der Waals surface area contributed by atoms with Crippen LogP contribution < -0.4 is 19.9 Å². The van der Waals surface area contributed by atoms with E-state index in [-0.39, 0.29) is 22.7 Å². The fourth-order valence-corrected chi connectivity index (χ4v) is 2.63. The molecular formula is C11H9ClN4O4S. The molecule has 8 nitrogen and oxygen atoms in total. The Labute approximate surface area is 124 Å². The Kier molecular flexibility index (Phi) is 3.32. The van der Waals surface area contributed by atoms with Gasteiger partial charge in [-0.25, -0.2) is 23.5 Å². The smallest absolute Gasteiger partial charge is 0.240 e. The Bertz CT molecular complexity index is 812. The van der Waals surface area contributed by atoms with Gasteiger partial charge in [0, 0.05) is 18.3 Å². The van der Waals surface area contributed by atoms with E-state index in [1.54, 1.807) is 0 Å². The van der Waals surface area contributed by atoms with Crippen LogP contribution in [0.2, 0.25) is 5.28 Å². The quantitative estimate of drug-likeness (QED) is 0.814. The average molecular weight is 329 g/mol. The first-order valence-electron chi connectivity index (χ1n) is 5.65. The predicted molar refractivity (Wildman–Crippen MR) is 74.3 cm³/mol. The van der Waals surface area contributed by atoms with Gasteiger partial charge in [0.2, 0.25) is 22.1 Å². The maximum absolute atomic E-state index is 11.7. The van der Waals surface area contributed by atoms with Crippen LogP contribution in [0.5, 0.6) is 11.5 Å². The number of nitrogens with zero attached hydrogens (tertiary/aromatic N) is 2. The Balaban J connectivity index is 2.08. The number of aromatic nitrogens is 2. The third-order valence-electron chi connectivity index (χ3n) is 2.67. The Morgan fingerprint density at radius 3 is 2.67 bits per heavy atom. The zero-order chi connectivity index (χ0) is 15.0. The van der Waals surface area contributed by atoms with Crippen LogP contribution in [0, 0.1) is 0 Å². The number of nitrogens with two attached hydrogens (primary N) is 1. The van der Waals surface area contributed by atoms with E-state index < -0.39 is 10.0 Å². The van der Waals surface area contributed by atoms with Gasteiger partial charge in [-0.3, -0.25) is 0 Å². The molecule has 1 aromatic heterocycles.